The van der Waals surface area contributed by atoms with Gasteiger partial charge in [0, 0.05) is 16.3 Å². The molecule has 0 heterocycles. The molecule has 0 atom stereocenters. The Labute approximate surface area is 152 Å². The van der Waals surface area contributed by atoms with Crippen LogP contribution in [0.4, 0.5) is 11.4 Å². The number of benzene rings is 2. The van der Waals surface area contributed by atoms with Crippen molar-refractivity contribution in [3.05, 3.63) is 54.1 Å². The molecule has 0 saturated carbocycles. The Hall–Kier alpha value is -2.47. The van der Waals surface area contributed by atoms with Crippen molar-refractivity contribution >= 4 is 35.0 Å². The average Bonchev–Trinajstić information content (AvgIpc) is 2.61. The van der Waals surface area contributed by atoms with E-state index in [-0.39, 0.29) is 24.1 Å². The highest BCUT2D eigenvalue weighted by Gasteiger charge is 2.07. The van der Waals surface area contributed by atoms with E-state index in [2.05, 4.69) is 17.6 Å². The second kappa shape index (κ2) is 9.74. The van der Waals surface area contributed by atoms with Gasteiger partial charge in [-0.25, -0.2) is 0 Å². The predicted octanol–water partition coefficient (Wildman–Crippen LogP) is 3.27. The molecule has 4 N–H and O–H groups in total. The van der Waals surface area contributed by atoms with Gasteiger partial charge in [-0.3, -0.25) is 9.59 Å². The number of nitrogens with two attached hydrogens (primary N) is 1. The van der Waals surface area contributed by atoms with E-state index in [1.165, 1.54) is 17.3 Å². The summed E-state index contributed by atoms with van der Waals surface area (Å²) in [5.74, 6) is -0.295. The van der Waals surface area contributed by atoms with Crippen molar-refractivity contribution in [2.45, 2.75) is 24.7 Å². The molecule has 132 valence electrons. The van der Waals surface area contributed by atoms with Crippen molar-refractivity contribution in [2.24, 2.45) is 5.73 Å². The molecule has 25 heavy (non-hydrogen) atoms. The Bertz CT molecular complexity index is 717. The van der Waals surface area contributed by atoms with Crippen LogP contribution in [0, 0.1) is 0 Å². The summed E-state index contributed by atoms with van der Waals surface area (Å²) in [6.45, 7) is 2.28. The molecule has 2 aromatic rings. The maximum Gasteiger partial charge on any atom is 0.243 e. The number of hydrogen-bond acceptors (Lipinski definition) is 4. The van der Waals surface area contributed by atoms with Gasteiger partial charge in [0.1, 0.15) is 0 Å². The number of carbonyl (C=O) groups is 2. The van der Waals surface area contributed by atoms with Gasteiger partial charge in [0.2, 0.25) is 11.8 Å². The summed E-state index contributed by atoms with van der Waals surface area (Å²) in [5.41, 5.74) is 8.03. The van der Waals surface area contributed by atoms with Crippen LogP contribution in [-0.2, 0) is 16.0 Å². The monoisotopic (exact) mass is 357 g/mol. The van der Waals surface area contributed by atoms with Crippen molar-refractivity contribution in [3.8, 4) is 0 Å². The van der Waals surface area contributed by atoms with Gasteiger partial charge in [-0.2, -0.15) is 0 Å². The van der Waals surface area contributed by atoms with Gasteiger partial charge in [0.05, 0.1) is 12.3 Å². The van der Waals surface area contributed by atoms with E-state index in [0.29, 0.717) is 0 Å². The number of hydrogen-bond donors (Lipinski definition) is 3. The first-order chi connectivity index (χ1) is 12.1. The highest BCUT2D eigenvalue weighted by Crippen LogP contribution is 2.26. The molecule has 0 aromatic heterocycles. The molecule has 0 bridgehead atoms. The fourth-order valence-corrected chi connectivity index (χ4v) is 3.08. The Balaban J connectivity index is 1.88. The summed E-state index contributed by atoms with van der Waals surface area (Å²) in [7, 11) is 0. The van der Waals surface area contributed by atoms with Crippen LogP contribution in [0.2, 0.25) is 0 Å². The van der Waals surface area contributed by atoms with Gasteiger partial charge >= 0.3 is 0 Å². The van der Waals surface area contributed by atoms with E-state index in [9.17, 15) is 9.59 Å². The van der Waals surface area contributed by atoms with Gasteiger partial charge in [-0.1, -0.05) is 37.6 Å². The smallest absolute Gasteiger partial charge is 0.243 e. The third-order valence-electron chi connectivity index (χ3n) is 3.47. The maximum atomic E-state index is 12.1. The van der Waals surface area contributed by atoms with Crippen LogP contribution >= 0.6 is 11.8 Å². The largest absolute Gasteiger partial charge is 0.375 e. The third kappa shape index (κ3) is 6.51. The predicted molar refractivity (Wildman–Crippen MR) is 104 cm³/mol. The number of aryl methyl sites for hydroxylation is 1. The van der Waals surface area contributed by atoms with Crippen molar-refractivity contribution in [2.75, 3.05) is 22.9 Å². The van der Waals surface area contributed by atoms with E-state index in [1.807, 2.05) is 48.5 Å². The summed E-state index contributed by atoms with van der Waals surface area (Å²) in [6.07, 6.45) is 2.14. The number of carbonyl (C=O) groups excluding carboxylic acids is 2. The first-order valence-corrected chi connectivity index (χ1v) is 9.20. The normalized spacial score (nSPS) is 10.3. The van der Waals surface area contributed by atoms with E-state index in [1.54, 1.807) is 0 Å². The fraction of sp³-hybridized carbons (Fsp3) is 0.263. The van der Waals surface area contributed by atoms with Crippen molar-refractivity contribution in [3.63, 3.8) is 0 Å². The van der Waals surface area contributed by atoms with Crippen molar-refractivity contribution in [1.82, 2.24) is 0 Å². The molecule has 6 heteroatoms. The van der Waals surface area contributed by atoms with Crippen molar-refractivity contribution in [1.29, 1.82) is 0 Å². The van der Waals surface area contributed by atoms with Crippen LogP contribution in [0.15, 0.2) is 53.4 Å². The number of thioether (sulfide) groups is 1. The topological polar surface area (TPSA) is 84.2 Å². The van der Waals surface area contributed by atoms with Gasteiger partial charge in [0.25, 0.3) is 0 Å². The number of amides is 2. The van der Waals surface area contributed by atoms with Gasteiger partial charge < -0.3 is 16.4 Å². The van der Waals surface area contributed by atoms with Gasteiger partial charge in [-0.15, -0.1) is 11.8 Å². The molecule has 0 fully saturated rings. The lowest BCUT2D eigenvalue weighted by atomic mass is 10.1. The van der Waals surface area contributed by atoms with Gasteiger partial charge in [0.15, 0.2) is 0 Å². The van der Waals surface area contributed by atoms with E-state index >= 15 is 0 Å². The molecule has 2 amide bonds. The zero-order valence-corrected chi connectivity index (χ0v) is 15.1. The standard InChI is InChI=1S/C19H23N3O2S/c1-2-5-14-8-10-15(11-9-14)22-19(24)12-21-16-6-3-4-7-17(16)25-13-18(20)23/h3-4,6-11,21H,2,5,12-13H2,1H3,(H2,20,23)(H,22,24). The van der Waals surface area contributed by atoms with Crippen LogP contribution in [0.3, 0.4) is 0 Å². The van der Waals surface area contributed by atoms with Crippen LogP contribution in [0.1, 0.15) is 18.9 Å². The van der Waals surface area contributed by atoms with Gasteiger partial charge in [-0.05, 0) is 36.2 Å². The number of nitrogens with one attached hydrogen (secondary N) is 2. The Morgan fingerprint density at radius 1 is 1.08 bits per heavy atom. The highest BCUT2D eigenvalue weighted by atomic mass is 32.2. The van der Waals surface area contributed by atoms with Crippen LogP contribution in [0.5, 0.6) is 0 Å². The number of anilines is 2. The summed E-state index contributed by atoms with van der Waals surface area (Å²) in [6, 6.07) is 15.4. The molecular formula is C19H23N3O2S. The minimum atomic E-state index is -0.371. The first kappa shape index (κ1) is 18.9. The summed E-state index contributed by atoms with van der Waals surface area (Å²) in [5, 5.41) is 5.97. The minimum absolute atomic E-state index is 0.127. The Kier molecular flexibility index (Phi) is 7.35. The lowest BCUT2D eigenvalue weighted by molar-refractivity contribution is -0.116. The SMILES string of the molecule is CCCc1ccc(NC(=O)CNc2ccccc2SCC(N)=O)cc1. The lowest BCUT2D eigenvalue weighted by Gasteiger charge is -2.11. The molecule has 0 aliphatic heterocycles. The Morgan fingerprint density at radius 3 is 2.48 bits per heavy atom. The number of primary amides is 1. The quantitative estimate of drug-likeness (QED) is 0.601. The molecule has 5 nitrogen and oxygen atoms in total. The second-order valence-electron chi connectivity index (χ2n) is 5.60. The van der Waals surface area contributed by atoms with E-state index in [4.69, 9.17) is 5.73 Å². The Morgan fingerprint density at radius 2 is 1.80 bits per heavy atom. The first-order valence-electron chi connectivity index (χ1n) is 8.21. The van der Waals surface area contributed by atoms with Crippen LogP contribution in [0.25, 0.3) is 0 Å². The van der Waals surface area contributed by atoms with Crippen LogP contribution in [-0.4, -0.2) is 24.1 Å². The summed E-state index contributed by atoms with van der Waals surface area (Å²) < 4.78 is 0. The highest BCUT2D eigenvalue weighted by molar-refractivity contribution is 8.00. The molecule has 0 spiro atoms. The summed E-state index contributed by atoms with van der Waals surface area (Å²) in [4.78, 5) is 23.9. The fourth-order valence-electron chi connectivity index (χ4n) is 2.31. The molecule has 2 aromatic carbocycles. The van der Waals surface area contributed by atoms with Crippen LogP contribution < -0.4 is 16.4 Å². The molecular weight excluding hydrogens is 334 g/mol. The molecule has 0 aliphatic rings. The number of para-hydroxylation sites is 1. The molecule has 0 unspecified atom stereocenters. The third-order valence-corrected chi connectivity index (χ3v) is 4.57. The second-order valence-corrected chi connectivity index (χ2v) is 6.62. The number of rotatable bonds is 9. The zero-order valence-electron chi connectivity index (χ0n) is 14.2. The molecule has 0 aliphatic carbocycles. The molecule has 0 radical (unpaired) electrons. The molecule has 0 saturated heterocycles. The average molecular weight is 357 g/mol. The molecule has 2 rings (SSSR count). The van der Waals surface area contributed by atoms with E-state index < -0.39 is 0 Å². The minimum Gasteiger partial charge on any atom is -0.375 e. The van der Waals surface area contributed by atoms with Crippen molar-refractivity contribution < 1.29 is 9.59 Å². The summed E-state index contributed by atoms with van der Waals surface area (Å²) >= 11 is 1.35. The zero-order chi connectivity index (χ0) is 18.1. The maximum absolute atomic E-state index is 12.1. The van der Waals surface area contributed by atoms with E-state index in [0.717, 1.165) is 29.1 Å². The lowest BCUT2D eigenvalue weighted by Crippen LogP contribution is -2.22.